The number of hydrogen-bond acceptors (Lipinski definition) is 0. The summed E-state index contributed by atoms with van der Waals surface area (Å²) < 4.78 is 0. The van der Waals surface area contributed by atoms with Gasteiger partial charge in [0.2, 0.25) is 0 Å². The van der Waals surface area contributed by atoms with Crippen LogP contribution in [0.5, 0.6) is 0 Å². The quantitative estimate of drug-likeness (QED) is 0.608. The molecule has 0 aromatic carbocycles. The molecule has 0 saturated heterocycles. The smallest absolute Gasteiger partial charge is 0 e. The van der Waals surface area contributed by atoms with Crippen molar-refractivity contribution in [3.8, 4) is 0 Å². The molecule has 7 heteroatoms. The first kappa shape index (κ1) is 1540. The fraction of sp³-hybridized carbons (Fsp3) is 0. The predicted octanol–water partition coefficient (Wildman–Crippen LogP) is 4.30. The van der Waals surface area contributed by atoms with E-state index in [1.165, 1.54) is 0 Å². The van der Waals surface area contributed by atoms with E-state index in [0.29, 0.717) is 0 Å². The molecule has 54 valence electrons. The number of rotatable bonds is 0. The van der Waals surface area contributed by atoms with Gasteiger partial charge >= 0.3 is 0 Å². The minimum absolute atomic E-state index is 0. The van der Waals surface area contributed by atoms with E-state index in [1.54, 1.807) is 0 Å². The molecule has 0 aliphatic carbocycles. The van der Waals surface area contributed by atoms with Crippen LogP contribution in [0.3, 0.4) is 0 Å². The molecule has 12 N–H and O–H groups in total. The maximum absolute atomic E-state index is 0. The summed E-state index contributed by atoms with van der Waals surface area (Å²) in [6.45, 7) is 0. The van der Waals surface area contributed by atoms with Crippen LogP contribution in [0.1, 0.15) is 0 Å². The summed E-state index contributed by atoms with van der Waals surface area (Å²) in [5.41, 5.74) is 0. The second kappa shape index (κ2) is 952. The Labute approximate surface area is 58.6 Å². The van der Waals surface area contributed by atoms with Crippen molar-refractivity contribution in [2.45, 2.75) is 0 Å². The van der Waals surface area contributed by atoms with Crippen molar-refractivity contribution in [1.82, 2.24) is 0 Å². The van der Waals surface area contributed by atoms with E-state index < -0.39 is 0 Å². The molecular formula is H12N6W-6. The molecule has 7 heavy (non-hydrogen) atoms. The van der Waals surface area contributed by atoms with Gasteiger partial charge in [0.25, 0.3) is 0 Å². The van der Waals surface area contributed by atoms with Crippen LogP contribution < -0.4 is 0 Å². The van der Waals surface area contributed by atoms with Gasteiger partial charge in [0.1, 0.15) is 0 Å². The third-order valence-electron chi connectivity index (χ3n) is 0. The number of nitrogens with two attached hydrogens (primary N) is 6. The largest absolute Gasteiger partial charge is 0.693 e. The van der Waals surface area contributed by atoms with Crippen LogP contribution in [-0.4, -0.2) is 0 Å². The topological polar surface area (TPSA) is 201 Å². The zero-order valence-corrected chi connectivity index (χ0v) is 6.81. The van der Waals surface area contributed by atoms with Gasteiger partial charge in [0.05, 0.1) is 0 Å². The van der Waals surface area contributed by atoms with Gasteiger partial charge in [-0.15, -0.1) is 0 Å². The van der Waals surface area contributed by atoms with Crippen molar-refractivity contribution in [1.29, 1.82) is 0 Å². The molecule has 0 saturated carbocycles. The molecule has 0 aromatic rings. The summed E-state index contributed by atoms with van der Waals surface area (Å²) in [6, 6.07) is 0. The van der Waals surface area contributed by atoms with Gasteiger partial charge in [-0.2, -0.15) is 0 Å². The molecule has 0 radical (unpaired) electrons. The van der Waals surface area contributed by atoms with E-state index in [9.17, 15) is 0 Å². The molecule has 0 aliphatic rings. The first-order valence-electron chi connectivity index (χ1n) is 0. The van der Waals surface area contributed by atoms with E-state index >= 15 is 0 Å². The molecule has 0 aromatic heterocycles. The van der Waals surface area contributed by atoms with Crippen molar-refractivity contribution in [3.63, 3.8) is 0 Å². The normalized spacial score (nSPS) is 0. The Morgan fingerprint density at radius 1 is 0.286 bits per heavy atom. The summed E-state index contributed by atoms with van der Waals surface area (Å²) >= 11 is 0. The Morgan fingerprint density at radius 2 is 0.286 bits per heavy atom. The van der Waals surface area contributed by atoms with E-state index in [0.717, 1.165) is 0 Å². The van der Waals surface area contributed by atoms with Gasteiger partial charge in [0, 0.05) is 21.1 Å². The standard InChI is InChI=1S/6H2N.W/h6*1H2;/q6*-1;. The van der Waals surface area contributed by atoms with E-state index in [-0.39, 0.29) is 58.0 Å². The van der Waals surface area contributed by atoms with Gasteiger partial charge in [0.15, 0.2) is 0 Å². The molecule has 0 unspecified atom stereocenters. The Bertz CT molecular complexity index is 4.14. The Balaban J connectivity index is 0. The van der Waals surface area contributed by atoms with Crippen LogP contribution in [0.15, 0.2) is 0 Å². The van der Waals surface area contributed by atoms with Crippen LogP contribution in [0.4, 0.5) is 0 Å². The molecule has 6 nitrogen and oxygen atoms in total. The Kier molecular flexibility index (Phi) is 210000. The average Bonchev–Trinajstić information content (AvgIpc) is 0. The monoisotopic (exact) mass is 280 g/mol. The molecule has 0 rings (SSSR count). The molecular weight excluding hydrogens is 268 g/mol. The fourth-order valence-corrected chi connectivity index (χ4v) is 0. The summed E-state index contributed by atoms with van der Waals surface area (Å²) in [5, 5.41) is 0. The molecule has 0 heterocycles. The van der Waals surface area contributed by atoms with Crippen LogP contribution in [-0.2, 0) is 21.1 Å². The predicted molar refractivity (Wildman–Crippen MR) is 31.7 cm³/mol. The first-order chi connectivity index (χ1) is 0. The van der Waals surface area contributed by atoms with Crippen LogP contribution >= 0.6 is 0 Å². The van der Waals surface area contributed by atoms with E-state index in [1.807, 2.05) is 0 Å². The van der Waals surface area contributed by atoms with Crippen LogP contribution in [0.25, 0.3) is 36.9 Å². The van der Waals surface area contributed by atoms with E-state index in [4.69, 9.17) is 0 Å². The molecule has 0 spiro atoms. The zero-order valence-electron chi connectivity index (χ0n) is 3.87. The molecule has 0 fully saturated rings. The van der Waals surface area contributed by atoms with Gasteiger partial charge in [-0.1, -0.05) is 0 Å². The van der Waals surface area contributed by atoms with Crippen molar-refractivity contribution in [3.05, 3.63) is 36.9 Å². The van der Waals surface area contributed by atoms with Gasteiger partial charge in [-0.3, -0.25) is 0 Å². The maximum atomic E-state index is 0. The maximum Gasteiger partial charge on any atom is 0 e. The Morgan fingerprint density at radius 3 is 0.286 bits per heavy atom. The minimum Gasteiger partial charge on any atom is -0.693 e. The van der Waals surface area contributed by atoms with Crippen molar-refractivity contribution >= 4 is 0 Å². The van der Waals surface area contributed by atoms with Gasteiger partial charge < -0.3 is 36.9 Å². The van der Waals surface area contributed by atoms with Gasteiger partial charge in [-0.05, 0) is 0 Å². The zero-order chi connectivity index (χ0) is 0. The molecule has 0 amide bonds. The average molecular weight is 280 g/mol. The first-order valence-corrected chi connectivity index (χ1v) is 0. The molecule has 0 bridgehead atoms. The third kappa shape index (κ3) is 635. The van der Waals surface area contributed by atoms with Crippen LogP contribution in [0, 0.1) is 0 Å². The van der Waals surface area contributed by atoms with Crippen molar-refractivity contribution in [2.75, 3.05) is 0 Å². The SMILES string of the molecule is [NH2-].[NH2-].[NH2-].[NH2-].[NH2-].[NH2-].[W]. The molecule has 0 atom stereocenters. The van der Waals surface area contributed by atoms with Crippen LogP contribution in [0.2, 0.25) is 0 Å². The minimum atomic E-state index is 0. The molecule has 0 aliphatic heterocycles. The summed E-state index contributed by atoms with van der Waals surface area (Å²) in [7, 11) is 0. The second-order valence-corrected chi connectivity index (χ2v) is 0. The number of hydrogen-bond donors (Lipinski definition) is 0. The Hall–Kier alpha value is 0.448. The second-order valence-electron chi connectivity index (χ2n) is 0. The summed E-state index contributed by atoms with van der Waals surface area (Å²) in [4.78, 5) is 0. The summed E-state index contributed by atoms with van der Waals surface area (Å²) in [6.07, 6.45) is 0. The van der Waals surface area contributed by atoms with Crippen molar-refractivity contribution < 1.29 is 21.1 Å². The van der Waals surface area contributed by atoms with Gasteiger partial charge in [-0.25, -0.2) is 0 Å². The van der Waals surface area contributed by atoms with Crippen molar-refractivity contribution in [2.24, 2.45) is 0 Å². The summed E-state index contributed by atoms with van der Waals surface area (Å²) in [5.74, 6) is 0. The third-order valence-corrected chi connectivity index (χ3v) is 0. The fourth-order valence-electron chi connectivity index (χ4n) is 0. The van der Waals surface area contributed by atoms with E-state index in [2.05, 4.69) is 0 Å².